The number of anilines is 1. The van der Waals surface area contributed by atoms with E-state index in [9.17, 15) is 4.79 Å². The van der Waals surface area contributed by atoms with Gasteiger partial charge in [-0.2, -0.15) is 0 Å². The first kappa shape index (κ1) is 14.6. The quantitative estimate of drug-likeness (QED) is 0.833. The molecule has 4 rings (SSSR count). The zero-order valence-electron chi connectivity index (χ0n) is 13.3. The molecule has 0 N–H and O–H groups in total. The minimum atomic E-state index is -0.364. The highest BCUT2D eigenvalue weighted by Crippen LogP contribution is 2.40. The first-order chi connectivity index (χ1) is 11.8. The fraction of sp³-hybridized carbons (Fsp3) is 0.211. The molecular weight excluding hydrogens is 306 g/mol. The maximum absolute atomic E-state index is 12.6. The van der Waals surface area contributed by atoms with Crippen LogP contribution in [-0.4, -0.2) is 19.5 Å². The maximum Gasteiger partial charge on any atom is 0.415 e. The van der Waals surface area contributed by atoms with Crippen molar-refractivity contribution in [3.05, 3.63) is 59.7 Å². The summed E-state index contributed by atoms with van der Waals surface area (Å²) in [6, 6.07) is 13.3. The summed E-state index contributed by atoms with van der Waals surface area (Å²) in [5.74, 6) is 1.42. The van der Waals surface area contributed by atoms with Gasteiger partial charge in [0, 0.05) is 0 Å². The van der Waals surface area contributed by atoms with Crippen molar-refractivity contribution in [2.45, 2.75) is 13.0 Å². The molecule has 0 unspecified atom stereocenters. The Kier molecular flexibility index (Phi) is 3.61. The number of hydrogen-bond acceptors (Lipinski definition) is 4. The predicted octanol–water partition coefficient (Wildman–Crippen LogP) is 4.15. The second kappa shape index (κ2) is 5.92. The van der Waals surface area contributed by atoms with Crippen LogP contribution in [0.4, 0.5) is 10.5 Å². The van der Waals surface area contributed by atoms with Gasteiger partial charge in [0.05, 0.1) is 18.3 Å². The van der Waals surface area contributed by atoms with Crippen LogP contribution in [-0.2, 0) is 4.74 Å². The molecule has 24 heavy (non-hydrogen) atoms. The fourth-order valence-electron chi connectivity index (χ4n) is 3.04. The van der Waals surface area contributed by atoms with Gasteiger partial charge in [0.25, 0.3) is 0 Å². The van der Waals surface area contributed by atoms with Crippen molar-refractivity contribution < 1.29 is 19.0 Å². The molecule has 0 aromatic heterocycles. The smallest absolute Gasteiger partial charge is 0.415 e. The van der Waals surface area contributed by atoms with Crippen LogP contribution in [0, 0.1) is 0 Å². The summed E-state index contributed by atoms with van der Waals surface area (Å²) in [4.78, 5) is 14.3. The molecule has 122 valence electrons. The minimum absolute atomic E-state index is 0.226. The number of para-hydroxylation sites is 1. The summed E-state index contributed by atoms with van der Waals surface area (Å²) in [5.41, 5.74) is 2.77. The maximum atomic E-state index is 12.6. The number of benzene rings is 2. The van der Waals surface area contributed by atoms with Gasteiger partial charge in [-0.05, 0) is 36.2 Å². The van der Waals surface area contributed by atoms with Crippen molar-refractivity contribution in [2.24, 2.45) is 0 Å². The van der Waals surface area contributed by atoms with Crippen molar-refractivity contribution in [3.63, 3.8) is 0 Å². The number of ether oxygens (including phenoxy) is 3. The van der Waals surface area contributed by atoms with Crippen LogP contribution in [0.1, 0.15) is 24.1 Å². The highest BCUT2D eigenvalue weighted by molar-refractivity contribution is 5.94. The Hall–Kier alpha value is -2.95. The van der Waals surface area contributed by atoms with Gasteiger partial charge < -0.3 is 14.2 Å². The summed E-state index contributed by atoms with van der Waals surface area (Å²) in [6.45, 7) is 2.36. The second-order valence-corrected chi connectivity index (χ2v) is 5.54. The zero-order valence-corrected chi connectivity index (χ0v) is 13.3. The molecule has 2 aromatic carbocycles. The van der Waals surface area contributed by atoms with E-state index in [-0.39, 0.29) is 18.9 Å². The highest BCUT2D eigenvalue weighted by atomic mass is 16.7. The molecule has 0 aliphatic carbocycles. The predicted molar refractivity (Wildman–Crippen MR) is 90.3 cm³/mol. The zero-order chi connectivity index (χ0) is 16.5. The Morgan fingerprint density at radius 1 is 1.21 bits per heavy atom. The number of rotatable bonds is 2. The van der Waals surface area contributed by atoms with Crippen LogP contribution >= 0.6 is 0 Å². The molecule has 0 fully saturated rings. The molecule has 5 heteroatoms. The molecule has 2 heterocycles. The van der Waals surface area contributed by atoms with Gasteiger partial charge >= 0.3 is 6.09 Å². The number of amides is 1. The Bertz CT molecular complexity index is 815. The monoisotopic (exact) mass is 323 g/mol. The van der Waals surface area contributed by atoms with Gasteiger partial charge in [-0.3, -0.25) is 4.90 Å². The van der Waals surface area contributed by atoms with Crippen LogP contribution in [0.2, 0.25) is 0 Å². The van der Waals surface area contributed by atoms with Crippen LogP contribution in [0.25, 0.3) is 6.08 Å². The van der Waals surface area contributed by atoms with Gasteiger partial charge in [-0.1, -0.05) is 36.4 Å². The molecule has 0 bridgehead atoms. The number of fused-ring (bicyclic) bond motifs is 2. The lowest BCUT2D eigenvalue weighted by molar-refractivity contribution is 0.158. The van der Waals surface area contributed by atoms with E-state index < -0.39 is 0 Å². The summed E-state index contributed by atoms with van der Waals surface area (Å²) >= 11 is 0. The van der Waals surface area contributed by atoms with Crippen molar-refractivity contribution >= 4 is 17.9 Å². The summed E-state index contributed by atoms with van der Waals surface area (Å²) in [5, 5.41) is 0. The molecule has 1 atom stereocenters. The van der Waals surface area contributed by atoms with Gasteiger partial charge in [-0.25, -0.2) is 4.79 Å². The molecule has 0 spiro atoms. The van der Waals surface area contributed by atoms with Gasteiger partial charge in [-0.15, -0.1) is 0 Å². The molecule has 2 aliphatic heterocycles. The molecule has 1 amide bonds. The third-order valence-corrected chi connectivity index (χ3v) is 4.14. The van der Waals surface area contributed by atoms with E-state index in [0.717, 1.165) is 22.6 Å². The average Bonchev–Trinajstić information content (AvgIpc) is 3.08. The molecule has 5 nitrogen and oxygen atoms in total. The fourth-order valence-corrected chi connectivity index (χ4v) is 3.04. The Balaban J connectivity index is 1.77. The first-order valence-electron chi connectivity index (χ1n) is 7.90. The lowest BCUT2D eigenvalue weighted by Crippen LogP contribution is -2.36. The summed E-state index contributed by atoms with van der Waals surface area (Å²) < 4.78 is 16.1. The molecular formula is C19H17NO4. The molecule has 0 radical (unpaired) electrons. The number of hydrogen-bond donors (Lipinski definition) is 0. The Morgan fingerprint density at radius 3 is 2.92 bits per heavy atom. The van der Waals surface area contributed by atoms with Crippen LogP contribution < -0.4 is 14.4 Å². The second-order valence-electron chi connectivity index (χ2n) is 5.54. The Morgan fingerprint density at radius 2 is 2.04 bits per heavy atom. The van der Waals surface area contributed by atoms with Crippen molar-refractivity contribution in [1.29, 1.82) is 0 Å². The van der Waals surface area contributed by atoms with Crippen molar-refractivity contribution in [2.75, 3.05) is 18.3 Å². The first-order valence-corrected chi connectivity index (χ1v) is 7.90. The number of carbonyl (C=O) groups is 1. The third kappa shape index (κ3) is 2.38. The number of carbonyl (C=O) groups excluding carboxylic acids is 1. The van der Waals surface area contributed by atoms with E-state index in [2.05, 4.69) is 0 Å². The van der Waals surface area contributed by atoms with Crippen LogP contribution in [0.5, 0.6) is 11.5 Å². The van der Waals surface area contributed by atoms with E-state index in [1.807, 2.05) is 54.6 Å². The standard InChI is InChI=1S/C19H17NO4/c1-2-22-19(21)20-15-6-4-3-5-13(15)7-9-16(20)14-8-10-17-18(11-14)24-12-23-17/h3-11,16H,2,12H2,1H3/t16-/m1/s1. The van der Waals surface area contributed by atoms with Crippen LogP contribution in [0.15, 0.2) is 48.5 Å². The van der Waals surface area contributed by atoms with Crippen LogP contribution in [0.3, 0.4) is 0 Å². The topological polar surface area (TPSA) is 48.0 Å². The third-order valence-electron chi connectivity index (χ3n) is 4.14. The SMILES string of the molecule is CCOC(=O)N1c2ccccc2C=C[C@@H]1c1ccc2c(c1)OCO2. The normalized spacial score (nSPS) is 17.5. The van der Waals surface area contributed by atoms with Gasteiger partial charge in [0.15, 0.2) is 11.5 Å². The van der Waals surface area contributed by atoms with Gasteiger partial charge in [0.1, 0.15) is 0 Å². The van der Waals surface area contributed by atoms with E-state index in [1.165, 1.54) is 0 Å². The minimum Gasteiger partial charge on any atom is -0.454 e. The summed E-state index contributed by atoms with van der Waals surface area (Å²) in [6.07, 6.45) is 3.66. The van der Waals surface area contributed by atoms with Gasteiger partial charge in [0.2, 0.25) is 6.79 Å². The lowest BCUT2D eigenvalue weighted by atomic mass is 9.97. The van der Waals surface area contributed by atoms with E-state index in [1.54, 1.807) is 11.8 Å². The average molecular weight is 323 g/mol. The van der Waals surface area contributed by atoms with Crippen molar-refractivity contribution in [3.8, 4) is 11.5 Å². The number of nitrogens with zero attached hydrogens (tertiary/aromatic N) is 1. The summed E-state index contributed by atoms with van der Waals surface area (Å²) in [7, 11) is 0. The Labute approximate surface area is 140 Å². The highest BCUT2D eigenvalue weighted by Gasteiger charge is 2.31. The van der Waals surface area contributed by atoms with E-state index in [4.69, 9.17) is 14.2 Å². The molecule has 2 aromatic rings. The largest absolute Gasteiger partial charge is 0.454 e. The molecule has 0 saturated carbocycles. The van der Waals surface area contributed by atoms with Crippen molar-refractivity contribution in [1.82, 2.24) is 0 Å². The van der Waals surface area contributed by atoms with E-state index in [0.29, 0.717) is 12.4 Å². The van der Waals surface area contributed by atoms with E-state index >= 15 is 0 Å². The molecule has 0 saturated heterocycles. The lowest BCUT2D eigenvalue weighted by Gasteiger charge is -2.33. The molecule has 2 aliphatic rings.